The molecule has 5 nitrogen and oxygen atoms in total. The molecule has 2 amide bonds. The van der Waals surface area contributed by atoms with Crippen LogP contribution in [0.15, 0.2) is 54.2 Å². The lowest BCUT2D eigenvalue weighted by atomic mass is 9.99. The van der Waals surface area contributed by atoms with E-state index in [4.69, 9.17) is 0 Å². The fraction of sp³-hybridized carbons (Fsp3) is 0.360. The minimum Gasteiger partial charge on any atom is -0.372 e. The first-order valence-electron chi connectivity index (χ1n) is 10.8. The maximum atomic E-state index is 13.4. The highest BCUT2D eigenvalue weighted by Crippen LogP contribution is 2.32. The Morgan fingerprint density at radius 3 is 2.13 bits per heavy atom. The van der Waals surface area contributed by atoms with Crippen LogP contribution < -0.4 is 10.2 Å². The number of imide groups is 1. The van der Waals surface area contributed by atoms with E-state index in [0.717, 1.165) is 30.4 Å². The molecule has 0 radical (unpaired) electrons. The van der Waals surface area contributed by atoms with Crippen molar-refractivity contribution in [3.8, 4) is 0 Å². The number of piperidine rings is 1. The molecular formula is C25H28FN3O2. The number of amides is 2. The van der Waals surface area contributed by atoms with E-state index in [2.05, 4.69) is 17.1 Å². The number of rotatable bonds is 5. The molecule has 2 aromatic carbocycles. The summed E-state index contributed by atoms with van der Waals surface area (Å²) in [5.41, 5.74) is 2.90. The summed E-state index contributed by atoms with van der Waals surface area (Å²) in [7, 11) is 0. The zero-order chi connectivity index (χ0) is 22.1. The van der Waals surface area contributed by atoms with E-state index >= 15 is 0 Å². The molecule has 2 aliphatic heterocycles. The van der Waals surface area contributed by atoms with Crippen molar-refractivity contribution in [2.24, 2.45) is 5.92 Å². The van der Waals surface area contributed by atoms with Crippen LogP contribution in [-0.4, -0.2) is 35.8 Å². The largest absolute Gasteiger partial charge is 0.372 e. The normalized spacial score (nSPS) is 17.8. The molecule has 0 aromatic heterocycles. The Kier molecular flexibility index (Phi) is 5.81. The molecule has 0 unspecified atom stereocenters. The van der Waals surface area contributed by atoms with Gasteiger partial charge in [-0.3, -0.25) is 14.5 Å². The molecule has 2 heterocycles. The molecule has 31 heavy (non-hydrogen) atoms. The van der Waals surface area contributed by atoms with E-state index < -0.39 is 0 Å². The van der Waals surface area contributed by atoms with Crippen LogP contribution in [-0.2, 0) is 9.59 Å². The predicted molar refractivity (Wildman–Crippen MR) is 121 cm³/mol. The summed E-state index contributed by atoms with van der Waals surface area (Å²) in [5, 5.41) is 3.16. The number of carbonyl (C=O) groups is 2. The molecular weight excluding hydrogens is 393 g/mol. The maximum Gasteiger partial charge on any atom is 0.278 e. The molecule has 0 bridgehead atoms. The van der Waals surface area contributed by atoms with Gasteiger partial charge in [-0.1, -0.05) is 19.1 Å². The summed E-state index contributed by atoms with van der Waals surface area (Å²) in [4.78, 5) is 29.7. The lowest BCUT2D eigenvalue weighted by Gasteiger charge is -2.32. The smallest absolute Gasteiger partial charge is 0.278 e. The van der Waals surface area contributed by atoms with Gasteiger partial charge in [-0.25, -0.2) is 4.39 Å². The fourth-order valence-corrected chi connectivity index (χ4v) is 4.18. The van der Waals surface area contributed by atoms with Crippen molar-refractivity contribution in [3.05, 3.63) is 65.6 Å². The van der Waals surface area contributed by atoms with E-state index in [0.29, 0.717) is 5.56 Å². The number of carbonyl (C=O) groups excluding carboxylic acids is 2. The van der Waals surface area contributed by atoms with Crippen molar-refractivity contribution in [1.29, 1.82) is 0 Å². The van der Waals surface area contributed by atoms with Crippen LogP contribution in [0.5, 0.6) is 0 Å². The molecule has 0 aliphatic carbocycles. The summed E-state index contributed by atoms with van der Waals surface area (Å²) < 4.78 is 13.4. The second-order valence-corrected chi connectivity index (χ2v) is 8.67. The molecule has 2 aliphatic rings. The number of anilines is 2. The molecule has 0 spiro atoms. The molecule has 6 heteroatoms. The van der Waals surface area contributed by atoms with Crippen molar-refractivity contribution in [2.45, 2.75) is 39.7 Å². The summed E-state index contributed by atoms with van der Waals surface area (Å²) >= 11 is 0. The van der Waals surface area contributed by atoms with Gasteiger partial charge >= 0.3 is 0 Å². The Morgan fingerprint density at radius 1 is 0.935 bits per heavy atom. The van der Waals surface area contributed by atoms with E-state index in [9.17, 15) is 14.0 Å². The number of nitrogens with one attached hydrogen (secondary N) is 1. The van der Waals surface area contributed by atoms with E-state index in [-0.39, 0.29) is 34.9 Å². The van der Waals surface area contributed by atoms with Gasteiger partial charge in [0.15, 0.2) is 0 Å². The average molecular weight is 422 g/mol. The highest BCUT2D eigenvalue weighted by atomic mass is 19.1. The lowest BCUT2D eigenvalue weighted by molar-refractivity contribution is -0.138. The van der Waals surface area contributed by atoms with Crippen LogP contribution in [0.1, 0.15) is 39.2 Å². The molecule has 1 N–H and O–H groups in total. The minimum absolute atomic E-state index is 0.227. The van der Waals surface area contributed by atoms with Crippen LogP contribution >= 0.6 is 0 Å². The van der Waals surface area contributed by atoms with E-state index in [1.54, 1.807) is 13.8 Å². The fourth-order valence-electron chi connectivity index (χ4n) is 4.18. The molecule has 0 atom stereocenters. The van der Waals surface area contributed by atoms with Crippen molar-refractivity contribution in [2.75, 3.05) is 23.3 Å². The van der Waals surface area contributed by atoms with Gasteiger partial charge in [0.1, 0.15) is 11.5 Å². The highest BCUT2D eigenvalue weighted by molar-refractivity contribution is 6.36. The van der Waals surface area contributed by atoms with Gasteiger partial charge in [0.2, 0.25) is 0 Å². The standard InChI is InChI=1S/C25H28FN3O2/c1-16(2)29-24(30)22(18-4-6-19(26)7-5-18)23(25(29)31)27-20-8-10-21(11-9-20)28-14-12-17(3)13-15-28/h4-11,16-17,27H,12-15H2,1-3H3. The van der Waals surface area contributed by atoms with Crippen molar-refractivity contribution in [3.63, 3.8) is 0 Å². The average Bonchev–Trinajstić information content (AvgIpc) is 2.99. The topological polar surface area (TPSA) is 52.7 Å². The molecule has 4 rings (SSSR count). The Bertz CT molecular complexity index is 1000. The molecule has 1 fully saturated rings. The monoisotopic (exact) mass is 421 g/mol. The zero-order valence-corrected chi connectivity index (χ0v) is 18.2. The van der Waals surface area contributed by atoms with Crippen LogP contribution in [0, 0.1) is 11.7 Å². The number of halogens is 1. The van der Waals surface area contributed by atoms with Crippen LogP contribution in [0.3, 0.4) is 0 Å². The second-order valence-electron chi connectivity index (χ2n) is 8.67. The van der Waals surface area contributed by atoms with Crippen molar-refractivity contribution in [1.82, 2.24) is 4.90 Å². The lowest BCUT2D eigenvalue weighted by Crippen LogP contribution is -2.38. The minimum atomic E-state index is -0.390. The summed E-state index contributed by atoms with van der Waals surface area (Å²) in [6.07, 6.45) is 2.38. The number of hydrogen-bond donors (Lipinski definition) is 1. The Balaban J connectivity index is 1.62. The molecule has 162 valence electrons. The van der Waals surface area contributed by atoms with Gasteiger partial charge in [0.25, 0.3) is 11.8 Å². The third-order valence-electron chi connectivity index (χ3n) is 6.05. The number of nitrogens with zero attached hydrogens (tertiary/aromatic N) is 2. The molecule has 1 saturated heterocycles. The van der Waals surface area contributed by atoms with Crippen molar-refractivity contribution >= 4 is 28.8 Å². The summed E-state index contributed by atoms with van der Waals surface area (Å²) in [6.45, 7) is 7.98. The Morgan fingerprint density at radius 2 is 1.55 bits per heavy atom. The maximum absolute atomic E-state index is 13.4. The van der Waals surface area contributed by atoms with Gasteiger partial charge in [-0.15, -0.1) is 0 Å². The van der Waals surface area contributed by atoms with E-state index in [1.165, 1.54) is 42.0 Å². The van der Waals surface area contributed by atoms with Crippen LogP contribution in [0.4, 0.5) is 15.8 Å². The highest BCUT2D eigenvalue weighted by Gasteiger charge is 2.40. The SMILES string of the molecule is CC1CCN(c2ccc(NC3=C(c4ccc(F)cc4)C(=O)N(C(C)C)C3=O)cc2)CC1. The first-order valence-corrected chi connectivity index (χ1v) is 10.8. The number of hydrogen-bond acceptors (Lipinski definition) is 4. The van der Waals surface area contributed by atoms with Crippen LogP contribution in [0.2, 0.25) is 0 Å². The summed E-state index contributed by atoms with van der Waals surface area (Å²) in [6, 6.07) is 13.3. The van der Waals surface area contributed by atoms with Crippen LogP contribution in [0.25, 0.3) is 5.57 Å². The number of benzene rings is 2. The third kappa shape index (κ3) is 4.20. The van der Waals surface area contributed by atoms with Gasteiger partial charge < -0.3 is 10.2 Å². The quantitative estimate of drug-likeness (QED) is 0.714. The summed E-state index contributed by atoms with van der Waals surface area (Å²) in [5.74, 6) is -0.357. The van der Waals surface area contributed by atoms with Gasteiger partial charge in [-0.05, 0) is 74.6 Å². The second kappa shape index (κ2) is 8.53. The Labute approximate surface area is 182 Å². The zero-order valence-electron chi connectivity index (χ0n) is 18.2. The first kappa shape index (κ1) is 21.1. The predicted octanol–water partition coefficient (Wildman–Crippen LogP) is 4.66. The van der Waals surface area contributed by atoms with Gasteiger partial charge in [-0.2, -0.15) is 0 Å². The van der Waals surface area contributed by atoms with Gasteiger partial charge in [0, 0.05) is 30.5 Å². The van der Waals surface area contributed by atoms with E-state index in [1.807, 2.05) is 24.3 Å². The first-order chi connectivity index (χ1) is 14.8. The Hall–Kier alpha value is -3.15. The molecule has 2 aromatic rings. The van der Waals surface area contributed by atoms with Gasteiger partial charge in [0.05, 0.1) is 5.57 Å². The van der Waals surface area contributed by atoms with Crippen molar-refractivity contribution < 1.29 is 14.0 Å². The molecule has 0 saturated carbocycles. The third-order valence-corrected chi connectivity index (χ3v) is 6.05.